The zero-order valence-electron chi connectivity index (χ0n) is 11.2. The number of hydrogen-bond donors (Lipinski definition) is 2. The smallest absolute Gasteiger partial charge is 0.320 e. The number of unbranched alkanes of at least 4 members (excludes halogenated alkanes) is 1. The van der Waals surface area contributed by atoms with Crippen LogP contribution in [0.5, 0.6) is 0 Å². The minimum Gasteiger partial charge on any atom is -0.480 e. The summed E-state index contributed by atoms with van der Waals surface area (Å²) in [4.78, 5) is 24.6. The summed E-state index contributed by atoms with van der Waals surface area (Å²) in [5.41, 5.74) is 0. The molecule has 0 aromatic heterocycles. The lowest BCUT2D eigenvalue weighted by Gasteiger charge is -2.17. The molecule has 0 aliphatic carbocycles. The van der Waals surface area contributed by atoms with Gasteiger partial charge in [0.05, 0.1) is 0 Å². The standard InChI is InChI=1S/C13H24N2O3/c1-2-3-6-11(13(17)18)14-8-7-12(16)15-9-4-5-10-15/h11,14H,2-10H2,1H3,(H,17,18). The molecule has 0 spiro atoms. The fourth-order valence-corrected chi connectivity index (χ4v) is 2.20. The molecule has 1 rings (SSSR count). The lowest BCUT2D eigenvalue weighted by atomic mass is 10.1. The van der Waals surface area contributed by atoms with Crippen molar-refractivity contribution in [2.75, 3.05) is 19.6 Å². The van der Waals surface area contributed by atoms with Crippen LogP contribution >= 0.6 is 0 Å². The molecular formula is C13H24N2O3. The number of carboxylic acid groups (broad SMARTS) is 1. The molecule has 0 radical (unpaired) electrons. The van der Waals surface area contributed by atoms with Gasteiger partial charge in [0.1, 0.15) is 6.04 Å². The Hall–Kier alpha value is -1.10. The Labute approximate surface area is 109 Å². The topological polar surface area (TPSA) is 69.6 Å². The van der Waals surface area contributed by atoms with Gasteiger partial charge in [0.15, 0.2) is 0 Å². The largest absolute Gasteiger partial charge is 0.480 e. The fraction of sp³-hybridized carbons (Fsp3) is 0.846. The molecule has 1 saturated heterocycles. The summed E-state index contributed by atoms with van der Waals surface area (Å²) in [7, 11) is 0. The highest BCUT2D eigenvalue weighted by atomic mass is 16.4. The maximum absolute atomic E-state index is 11.7. The number of carbonyl (C=O) groups excluding carboxylic acids is 1. The van der Waals surface area contributed by atoms with E-state index in [9.17, 15) is 9.59 Å². The predicted octanol–water partition coefficient (Wildman–Crippen LogP) is 1.23. The van der Waals surface area contributed by atoms with Crippen molar-refractivity contribution < 1.29 is 14.7 Å². The van der Waals surface area contributed by atoms with Crippen LogP contribution in [0.3, 0.4) is 0 Å². The molecule has 104 valence electrons. The van der Waals surface area contributed by atoms with Gasteiger partial charge in [-0.25, -0.2) is 0 Å². The molecule has 1 amide bonds. The van der Waals surface area contributed by atoms with E-state index in [1.807, 2.05) is 11.8 Å². The van der Waals surface area contributed by atoms with Gasteiger partial charge in [-0.05, 0) is 19.3 Å². The highest BCUT2D eigenvalue weighted by Crippen LogP contribution is 2.08. The fourth-order valence-electron chi connectivity index (χ4n) is 2.20. The third-order valence-electron chi connectivity index (χ3n) is 3.33. The van der Waals surface area contributed by atoms with Crippen molar-refractivity contribution >= 4 is 11.9 Å². The Kier molecular flexibility index (Phi) is 6.72. The number of nitrogens with one attached hydrogen (secondary N) is 1. The first kappa shape index (κ1) is 15.0. The Morgan fingerprint density at radius 3 is 2.56 bits per heavy atom. The van der Waals surface area contributed by atoms with Crippen LogP contribution in [0.2, 0.25) is 0 Å². The quantitative estimate of drug-likeness (QED) is 0.685. The van der Waals surface area contributed by atoms with Gasteiger partial charge in [-0.1, -0.05) is 19.8 Å². The summed E-state index contributed by atoms with van der Waals surface area (Å²) in [6.07, 6.45) is 5.09. The molecular weight excluding hydrogens is 232 g/mol. The molecule has 2 N–H and O–H groups in total. The molecule has 0 aromatic rings. The summed E-state index contributed by atoms with van der Waals surface area (Å²) in [6, 6.07) is -0.517. The molecule has 0 bridgehead atoms. The van der Waals surface area contributed by atoms with Gasteiger partial charge in [0.2, 0.25) is 5.91 Å². The minimum absolute atomic E-state index is 0.139. The van der Waals surface area contributed by atoms with Gasteiger partial charge in [-0.2, -0.15) is 0 Å². The van der Waals surface area contributed by atoms with Crippen LogP contribution in [0.4, 0.5) is 0 Å². The summed E-state index contributed by atoms with van der Waals surface area (Å²) in [5.74, 6) is -0.684. The van der Waals surface area contributed by atoms with Crippen molar-refractivity contribution in [3.63, 3.8) is 0 Å². The Morgan fingerprint density at radius 2 is 2.00 bits per heavy atom. The highest BCUT2D eigenvalue weighted by molar-refractivity contribution is 5.77. The van der Waals surface area contributed by atoms with E-state index in [4.69, 9.17) is 5.11 Å². The number of carboxylic acids is 1. The van der Waals surface area contributed by atoms with E-state index in [2.05, 4.69) is 5.32 Å². The SMILES string of the molecule is CCCCC(NCCC(=O)N1CCCC1)C(=O)O. The summed E-state index contributed by atoms with van der Waals surface area (Å²) >= 11 is 0. The molecule has 1 unspecified atom stereocenters. The van der Waals surface area contributed by atoms with Crippen molar-refractivity contribution in [1.29, 1.82) is 0 Å². The molecule has 0 aromatic carbocycles. The molecule has 0 saturated carbocycles. The molecule has 1 aliphatic heterocycles. The van der Waals surface area contributed by atoms with Crippen LogP contribution in [-0.4, -0.2) is 47.6 Å². The normalized spacial score (nSPS) is 16.8. The minimum atomic E-state index is -0.822. The van der Waals surface area contributed by atoms with Crippen LogP contribution in [0, 0.1) is 0 Å². The molecule has 1 atom stereocenters. The lowest BCUT2D eigenvalue weighted by molar-refractivity contribution is -0.140. The molecule has 1 fully saturated rings. The maximum Gasteiger partial charge on any atom is 0.320 e. The summed E-state index contributed by atoms with van der Waals surface area (Å²) in [6.45, 7) is 4.21. The van der Waals surface area contributed by atoms with Crippen LogP contribution in [0.15, 0.2) is 0 Å². The van der Waals surface area contributed by atoms with E-state index >= 15 is 0 Å². The monoisotopic (exact) mass is 256 g/mol. The van der Waals surface area contributed by atoms with Crippen molar-refractivity contribution in [2.45, 2.75) is 51.5 Å². The predicted molar refractivity (Wildman–Crippen MR) is 69.4 cm³/mol. The molecule has 1 heterocycles. The lowest BCUT2D eigenvalue weighted by Crippen LogP contribution is -2.39. The number of nitrogens with zero attached hydrogens (tertiary/aromatic N) is 1. The van der Waals surface area contributed by atoms with Gasteiger partial charge >= 0.3 is 5.97 Å². The Balaban J connectivity index is 2.20. The van der Waals surface area contributed by atoms with E-state index in [1.54, 1.807) is 0 Å². The third-order valence-corrected chi connectivity index (χ3v) is 3.33. The number of rotatable bonds is 8. The number of aliphatic carboxylic acids is 1. The molecule has 5 heteroatoms. The Bertz CT molecular complexity index is 275. The highest BCUT2D eigenvalue weighted by Gasteiger charge is 2.19. The number of likely N-dealkylation sites (tertiary alicyclic amines) is 1. The molecule has 18 heavy (non-hydrogen) atoms. The first-order valence-electron chi connectivity index (χ1n) is 6.89. The average Bonchev–Trinajstić information content (AvgIpc) is 2.86. The van der Waals surface area contributed by atoms with E-state index in [1.165, 1.54) is 0 Å². The first-order valence-corrected chi connectivity index (χ1v) is 6.89. The first-order chi connectivity index (χ1) is 8.65. The van der Waals surface area contributed by atoms with E-state index in [0.29, 0.717) is 19.4 Å². The van der Waals surface area contributed by atoms with Crippen LogP contribution < -0.4 is 5.32 Å². The van der Waals surface area contributed by atoms with Gasteiger partial charge in [-0.15, -0.1) is 0 Å². The second kappa shape index (κ2) is 8.08. The number of carbonyl (C=O) groups is 2. The second-order valence-electron chi connectivity index (χ2n) is 4.83. The van der Waals surface area contributed by atoms with Gasteiger partial charge in [0, 0.05) is 26.1 Å². The number of amides is 1. The van der Waals surface area contributed by atoms with Gasteiger partial charge < -0.3 is 15.3 Å². The summed E-state index contributed by atoms with van der Waals surface area (Å²) < 4.78 is 0. The van der Waals surface area contributed by atoms with Crippen LogP contribution in [0.1, 0.15) is 45.4 Å². The van der Waals surface area contributed by atoms with Crippen LogP contribution in [0.25, 0.3) is 0 Å². The maximum atomic E-state index is 11.7. The van der Waals surface area contributed by atoms with Crippen molar-refractivity contribution in [3.05, 3.63) is 0 Å². The molecule has 5 nitrogen and oxygen atoms in total. The zero-order valence-corrected chi connectivity index (χ0v) is 11.2. The Morgan fingerprint density at radius 1 is 1.33 bits per heavy atom. The average molecular weight is 256 g/mol. The van der Waals surface area contributed by atoms with Gasteiger partial charge in [0.25, 0.3) is 0 Å². The van der Waals surface area contributed by atoms with Crippen molar-refractivity contribution in [3.8, 4) is 0 Å². The van der Waals surface area contributed by atoms with Crippen molar-refractivity contribution in [1.82, 2.24) is 10.2 Å². The van der Waals surface area contributed by atoms with Gasteiger partial charge in [-0.3, -0.25) is 9.59 Å². The second-order valence-corrected chi connectivity index (χ2v) is 4.83. The molecule has 1 aliphatic rings. The zero-order chi connectivity index (χ0) is 13.4. The van der Waals surface area contributed by atoms with E-state index in [-0.39, 0.29) is 5.91 Å². The third kappa shape index (κ3) is 5.04. The summed E-state index contributed by atoms with van der Waals surface area (Å²) in [5, 5.41) is 12.0. The van der Waals surface area contributed by atoms with Crippen LogP contribution in [-0.2, 0) is 9.59 Å². The van der Waals surface area contributed by atoms with E-state index < -0.39 is 12.0 Å². The van der Waals surface area contributed by atoms with Crippen molar-refractivity contribution in [2.24, 2.45) is 0 Å². The van der Waals surface area contributed by atoms with E-state index in [0.717, 1.165) is 38.8 Å². The number of hydrogen-bond acceptors (Lipinski definition) is 3.